The molecule has 106 valence electrons. The first kappa shape index (κ1) is 14.1. The number of hydrogen-bond donors (Lipinski definition) is 2. The van der Waals surface area contributed by atoms with Gasteiger partial charge in [-0.1, -0.05) is 0 Å². The van der Waals surface area contributed by atoms with Crippen molar-refractivity contribution in [3.05, 3.63) is 40.3 Å². The average molecular weight is 279 g/mol. The topological polar surface area (TPSA) is 88.3 Å². The van der Waals surface area contributed by atoms with E-state index in [1.54, 1.807) is 19.9 Å². The van der Waals surface area contributed by atoms with Gasteiger partial charge in [0.2, 0.25) is 0 Å². The molecule has 0 unspecified atom stereocenters. The molecule has 0 amide bonds. The molecule has 0 radical (unpaired) electrons. The second-order valence-electron chi connectivity index (χ2n) is 5.08. The molecule has 0 atom stereocenters. The van der Waals surface area contributed by atoms with Crippen LogP contribution >= 0.6 is 0 Å². The molecular formula is C13H14FN3O3. The van der Waals surface area contributed by atoms with Crippen molar-refractivity contribution >= 4 is 22.3 Å². The minimum absolute atomic E-state index is 0.0465. The van der Waals surface area contributed by atoms with E-state index in [0.717, 1.165) is 6.07 Å². The molecule has 0 saturated carbocycles. The highest BCUT2D eigenvalue weighted by atomic mass is 19.1. The van der Waals surface area contributed by atoms with Gasteiger partial charge in [0, 0.05) is 6.20 Å². The van der Waals surface area contributed by atoms with Crippen LogP contribution < -0.4 is 5.32 Å². The Hall–Kier alpha value is -2.28. The third kappa shape index (κ3) is 2.53. The Morgan fingerprint density at radius 2 is 2.25 bits per heavy atom. The van der Waals surface area contributed by atoms with Crippen LogP contribution in [0.2, 0.25) is 0 Å². The lowest BCUT2D eigenvalue weighted by Crippen LogP contribution is -2.35. The predicted octanol–water partition coefficient (Wildman–Crippen LogP) is 2.46. The fourth-order valence-electron chi connectivity index (χ4n) is 1.84. The van der Waals surface area contributed by atoms with Crippen molar-refractivity contribution in [2.75, 3.05) is 11.9 Å². The van der Waals surface area contributed by atoms with Gasteiger partial charge >= 0.3 is 0 Å². The van der Waals surface area contributed by atoms with Gasteiger partial charge in [-0.05, 0) is 26.0 Å². The highest BCUT2D eigenvalue weighted by molar-refractivity contribution is 5.97. The normalized spacial score (nSPS) is 11.6. The molecule has 20 heavy (non-hydrogen) atoms. The fraction of sp³-hybridized carbons (Fsp3) is 0.308. The molecule has 0 aliphatic rings. The molecule has 0 aliphatic carbocycles. The number of benzene rings is 1. The summed E-state index contributed by atoms with van der Waals surface area (Å²) in [7, 11) is 0. The Morgan fingerprint density at radius 3 is 2.85 bits per heavy atom. The van der Waals surface area contributed by atoms with Crippen molar-refractivity contribution < 1.29 is 14.4 Å². The van der Waals surface area contributed by atoms with Gasteiger partial charge in [-0.15, -0.1) is 0 Å². The van der Waals surface area contributed by atoms with E-state index in [-0.39, 0.29) is 28.9 Å². The van der Waals surface area contributed by atoms with Crippen LogP contribution in [-0.2, 0) is 0 Å². The van der Waals surface area contributed by atoms with E-state index in [1.807, 2.05) is 0 Å². The summed E-state index contributed by atoms with van der Waals surface area (Å²) in [6, 6.07) is 3.92. The van der Waals surface area contributed by atoms with Crippen molar-refractivity contribution in [3.63, 3.8) is 0 Å². The smallest absolute Gasteiger partial charge is 0.281 e. The monoisotopic (exact) mass is 279 g/mol. The van der Waals surface area contributed by atoms with Gasteiger partial charge in [0.15, 0.2) is 5.82 Å². The molecule has 1 aromatic carbocycles. The van der Waals surface area contributed by atoms with Gasteiger partial charge in [-0.25, -0.2) is 4.39 Å². The van der Waals surface area contributed by atoms with E-state index in [1.165, 1.54) is 12.3 Å². The molecule has 0 saturated heterocycles. The molecule has 7 heteroatoms. The molecule has 2 N–H and O–H groups in total. The Kier molecular flexibility index (Phi) is 3.54. The first-order chi connectivity index (χ1) is 9.35. The van der Waals surface area contributed by atoms with Crippen molar-refractivity contribution in [1.29, 1.82) is 0 Å². The predicted molar refractivity (Wildman–Crippen MR) is 73.1 cm³/mol. The summed E-state index contributed by atoms with van der Waals surface area (Å²) in [5, 5.41) is 23.3. The Morgan fingerprint density at radius 1 is 1.55 bits per heavy atom. The number of rotatable bonds is 4. The zero-order valence-electron chi connectivity index (χ0n) is 11.1. The number of fused-ring (bicyclic) bond motifs is 1. The number of aliphatic hydroxyl groups is 1. The largest absolute Gasteiger partial charge is 0.394 e. The summed E-state index contributed by atoms with van der Waals surface area (Å²) in [5.41, 5.74) is -0.898. The quantitative estimate of drug-likeness (QED) is 0.663. The standard InChI is InChI=1S/C13H14FN3O3/c1-13(2,7-18)16-12-9(14)6-10(17(19)20)8-4-3-5-15-11(8)12/h3-6,16,18H,7H2,1-2H3. The maximum atomic E-state index is 14.1. The van der Waals surface area contributed by atoms with Crippen LogP contribution in [0.15, 0.2) is 24.4 Å². The van der Waals surface area contributed by atoms with E-state index in [9.17, 15) is 19.6 Å². The van der Waals surface area contributed by atoms with Crippen LogP contribution in [0.5, 0.6) is 0 Å². The van der Waals surface area contributed by atoms with Crippen molar-refractivity contribution in [2.45, 2.75) is 19.4 Å². The fourth-order valence-corrected chi connectivity index (χ4v) is 1.84. The first-order valence-corrected chi connectivity index (χ1v) is 5.96. The van der Waals surface area contributed by atoms with Gasteiger partial charge in [0.1, 0.15) is 5.52 Å². The van der Waals surface area contributed by atoms with E-state index in [0.29, 0.717) is 0 Å². The first-order valence-electron chi connectivity index (χ1n) is 5.96. The molecule has 0 aliphatic heterocycles. The number of anilines is 1. The van der Waals surface area contributed by atoms with Crippen LogP contribution in [0.1, 0.15) is 13.8 Å². The number of non-ortho nitro benzene ring substituents is 1. The van der Waals surface area contributed by atoms with Gasteiger partial charge in [0.25, 0.3) is 5.69 Å². The molecular weight excluding hydrogens is 265 g/mol. The molecule has 6 nitrogen and oxygen atoms in total. The number of nitro benzene ring substituents is 1. The summed E-state index contributed by atoms with van der Waals surface area (Å²) in [5.74, 6) is -0.774. The maximum absolute atomic E-state index is 14.1. The van der Waals surface area contributed by atoms with Crippen molar-refractivity contribution in [1.82, 2.24) is 4.98 Å². The Labute approximate surface area is 114 Å². The molecule has 2 rings (SSSR count). The number of halogens is 1. The summed E-state index contributed by atoms with van der Waals surface area (Å²) >= 11 is 0. The van der Waals surface area contributed by atoms with Gasteiger partial charge in [-0.3, -0.25) is 15.1 Å². The summed E-state index contributed by atoms with van der Waals surface area (Å²) in [6.45, 7) is 3.14. The van der Waals surface area contributed by atoms with E-state index >= 15 is 0 Å². The van der Waals surface area contributed by atoms with Gasteiger partial charge in [-0.2, -0.15) is 0 Å². The Balaban J connectivity index is 2.70. The van der Waals surface area contributed by atoms with Gasteiger partial charge < -0.3 is 10.4 Å². The number of aliphatic hydroxyl groups excluding tert-OH is 1. The molecule has 0 spiro atoms. The highest BCUT2D eigenvalue weighted by Gasteiger charge is 2.24. The van der Waals surface area contributed by atoms with Crippen LogP contribution in [0.3, 0.4) is 0 Å². The maximum Gasteiger partial charge on any atom is 0.281 e. The summed E-state index contributed by atoms with van der Waals surface area (Å²) in [6.07, 6.45) is 1.43. The third-order valence-corrected chi connectivity index (χ3v) is 2.88. The number of pyridine rings is 1. The van der Waals surface area contributed by atoms with Crippen molar-refractivity contribution in [3.8, 4) is 0 Å². The van der Waals surface area contributed by atoms with Gasteiger partial charge in [0.05, 0.1) is 34.2 Å². The third-order valence-electron chi connectivity index (χ3n) is 2.88. The lowest BCUT2D eigenvalue weighted by molar-refractivity contribution is -0.383. The average Bonchev–Trinajstić information content (AvgIpc) is 2.41. The number of nitrogens with one attached hydrogen (secondary N) is 1. The second-order valence-corrected chi connectivity index (χ2v) is 5.08. The van der Waals surface area contributed by atoms with Crippen LogP contribution in [0, 0.1) is 15.9 Å². The summed E-state index contributed by atoms with van der Waals surface area (Å²) in [4.78, 5) is 14.3. The zero-order valence-corrected chi connectivity index (χ0v) is 11.1. The Bertz CT molecular complexity index is 673. The molecule has 1 heterocycles. The number of aromatic nitrogens is 1. The lowest BCUT2D eigenvalue weighted by atomic mass is 10.0. The van der Waals surface area contributed by atoms with Crippen LogP contribution in [0.25, 0.3) is 10.9 Å². The van der Waals surface area contributed by atoms with Crippen molar-refractivity contribution in [2.24, 2.45) is 0 Å². The second kappa shape index (κ2) is 5.01. The minimum atomic E-state index is -0.776. The number of nitrogens with zero attached hydrogens (tertiary/aromatic N) is 2. The van der Waals surface area contributed by atoms with E-state index in [2.05, 4.69) is 10.3 Å². The molecule has 0 bridgehead atoms. The highest BCUT2D eigenvalue weighted by Crippen LogP contribution is 2.33. The minimum Gasteiger partial charge on any atom is -0.394 e. The molecule has 0 fully saturated rings. The molecule has 1 aromatic heterocycles. The van der Waals surface area contributed by atoms with Crippen LogP contribution in [-0.4, -0.2) is 27.2 Å². The van der Waals surface area contributed by atoms with Crippen LogP contribution in [0.4, 0.5) is 15.8 Å². The molecule has 2 aromatic rings. The SMILES string of the molecule is CC(C)(CO)Nc1c(F)cc([N+](=O)[O-])c2cccnc12. The summed E-state index contributed by atoms with van der Waals surface area (Å²) < 4.78 is 14.1. The number of nitro groups is 1. The zero-order chi connectivity index (χ0) is 14.9. The van der Waals surface area contributed by atoms with E-state index < -0.39 is 16.3 Å². The lowest BCUT2D eigenvalue weighted by Gasteiger charge is -2.25. The number of hydrogen-bond acceptors (Lipinski definition) is 5. The van der Waals surface area contributed by atoms with E-state index in [4.69, 9.17) is 0 Å².